The third-order valence-corrected chi connectivity index (χ3v) is 6.80. The topological polar surface area (TPSA) is 79.9 Å². The lowest BCUT2D eigenvalue weighted by Gasteiger charge is -2.27. The fraction of sp³-hybridized carbons (Fsp3) is 0.350. The largest absolute Gasteiger partial charge is 0.497 e. The smallest absolute Gasteiger partial charge is 0.245 e. The Balaban J connectivity index is 1.87. The molecule has 9 heteroatoms. The van der Waals surface area contributed by atoms with Crippen molar-refractivity contribution in [1.29, 1.82) is 0 Å². The standard InChI is InChI=1S/C20H25N3O4S2/c1-14-4-6-17(15(2)12-14)21-20(28)22-18-7-5-16(26-3)13-19(18)29(24,25)23-8-10-27-11-9-23/h4-7,12-13H,8-11H2,1-3H3,(H2,21,22,28). The van der Waals surface area contributed by atoms with E-state index >= 15 is 0 Å². The van der Waals surface area contributed by atoms with Crippen LogP contribution in [-0.2, 0) is 14.8 Å². The van der Waals surface area contributed by atoms with Gasteiger partial charge in [-0.25, -0.2) is 8.42 Å². The van der Waals surface area contributed by atoms with Crippen LogP contribution in [-0.4, -0.2) is 51.2 Å². The lowest BCUT2D eigenvalue weighted by Crippen LogP contribution is -2.41. The molecule has 0 spiro atoms. The highest BCUT2D eigenvalue weighted by Gasteiger charge is 2.29. The maximum absolute atomic E-state index is 13.2. The average molecular weight is 436 g/mol. The normalized spacial score (nSPS) is 15.0. The number of thiocarbonyl (C=S) groups is 1. The van der Waals surface area contributed by atoms with E-state index in [-0.39, 0.29) is 4.90 Å². The Kier molecular flexibility index (Phi) is 6.74. The van der Waals surface area contributed by atoms with Gasteiger partial charge in [0, 0.05) is 24.8 Å². The molecule has 0 amide bonds. The van der Waals surface area contributed by atoms with Crippen LogP contribution in [0, 0.1) is 13.8 Å². The van der Waals surface area contributed by atoms with Gasteiger partial charge >= 0.3 is 0 Å². The number of benzene rings is 2. The molecule has 0 radical (unpaired) electrons. The van der Waals surface area contributed by atoms with Crippen LogP contribution in [0.1, 0.15) is 11.1 Å². The van der Waals surface area contributed by atoms with Crippen molar-refractivity contribution >= 4 is 38.7 Å². The molecule has 0 unspecified atom stereocenters. The fourth-order valence-electron chi connectivity index (χ4n) is 3.10. The number of rotatable bonds is 5. The van der Waals surface area contributed by atoms with Crippen molar-refractivity contribution in [3.63, 3.8) is 0 Å². The molecule has 1 aliphatic heterocycles. The molecule has 1 saturated heterocycles. The Labute approximate surface area is 177 Å². The van der Waals surface area contributed by atoms with Gasteiger partial charge in [-0.1, -0.05) is 17.7 Å². The van der Waals surface area contributed by atoms with E-state index in [0.29, 0.717) is 42.9 Å². The van der Waals surface area contributed by atoms with Crippen molar-refractivity contribution in [2.24, 2.45) is 0 Å². The van der Waals surface area contributed by atoms with Crippen LogP contribution in [0.5, 0.6) is 5.75 Å². The zero-order chi connectivity index (χ0) is 21.0. The quantitative estimate of drug-likeness (QED) is 0.699. The van der Waals surface area contributed by atoms with Gasteiger partial charge in [-0.05, 0) is 49.8 Å². The maximum atomic E-state index is 13.2. The van der Waals surface area contributed by atoms with Crippen LogP contribution >= 0.6 is 12.2 Å². The Morgan fingerprint density at radius 3 is 2.38 bits per heavy atom. The van der Waals surface area contributed by atoms with Crippen molar-refractivity contribution in [3.05, 3.63) is 47.5 Å². The number of aryl methyl sites for hydroxylation is 2. The van der Waals surface area contributed by atoms with Gasteiger partial charge in [-0.3, -0.25) is 0 Å². The molecule has 3 rings (SSSR count). The zero-order valence-electron chi connectivity index (χ0n) is 16.7. The molecular weight excluding hydrogens is 410 g/mol. The van der Waals surface area contributed by atoms with Gasteiger partial charge in [-0.15, -0.1) is 0 Å². The monoisotopic (exact) mass is 435 g/mol. The first kappa shape index (κ1) is 21.5. The third-order valence-electron chi connectivity index (χ3n) is 4.65. The second-order valence-corrected chi connectivity index (χ2v) is 9.09. The summed E-state index contributed by atoms with van der Waals surface area (Å²) in [6.45, 7) is 5.37. The number of hydrogen-bond donors (Lipinski definition) is 2. The first-order chi connectivity index (χ1) is 13.8. The zero-order valence-corrected chi connectivity index (χ0v) is 18.3. The molecular formula is C20H25N3O4S2. The van der Waals surface area contributed by atoms with Crippen molar-refractivity contribution in [1.82, 2.24) is 4.31 Å². The number of anilines is 2. The summed E-state index contributed by atoms with van der Waals surface area (Å²) in [4.78, 5) is 0.114. The Morgan fingerprint density at radius 2 is 1.72 bits per heavy atom. The summed E-state index contributed by atoms with van der Waals surface area (Å²) in [5.41, 5.74) is 3.45. The highest BCUT2D eigenvalue weighted by atomic mass is 32.2. The number of methoxy groups -OCH3 is 1. The van der Waals surface area contributed by atoms with Gasteiger partial charge in [0.05, 0.1) is 26.0 Å². The Hall–Kier alpha value is -2.20. The van der Waals surface area contributed by atoms with Crippen LogP contribution in [0.4, 0.5) is 11.4 Å². The predicted octanol–water partition coefficient (Wildman–Crippen LogP) is 3.14. The van der Waals surface area contributed by atoms with Crippen LogP contribution < -0.4 is 15.4 Å². The first-order valence-electron chi connectivity index (χ1n) is 9.22. The number of sulfonamides is 1. The van der Waals surface area contributed by atoms with Crippen LogP contribution in [0.2, 0.25) is 0 Å². The number of morpholine rings is 1. The summed E-state index contributed by atoms with van der Waals surface area (Å²) in [5, 5.41) is 6.46. The maximum Gasteiger partial charge on any atom is 0.245 e. The summed E-state index contributed by atoms with van der Waals surface area (Å²) < 4.78 is 38.4. The predicted molar refractivity (Wildman–Crippen MR) is 118 cm³/mol. The van der Waals surface area contributed by atoms with E-state index < -0.39 is 10.0 Å². The van der Waals surface area contributed by atoms with E-state index in [1.807, 2.05) is 32.0 Å². The highest BCUT2D eigenvalue weighted by Crippen LogP contribution is 2.30. The molecule has 0 bridgehead atoms. The lowest BCUT2D eigenvalue weighted by molar-refractivity contribution is 0.0730. The highest BCUT2D eigenvalue weighted by molar-refractivity contribution is 7.89. The van der Waals surface area contributed by atoms with Gasteiger partial charge in [0.1, 0.15) is 10.6 Å². The van der Waals surface area contributed by atoms with Crippen LogP contribution in [0.3, 0.4) is 0 Å². The second-order valence-electron chi connectivity index (χ2n) is 6.78. The molecule has 0 aromatic heterocycles. The summed E-state index contributed by atoms with van der Waals surface area (Å²) in [7, 11) is -2.23. The van der Waals surface area contributed by atoms with Gasteiger partial charge < -0.3 is 20.1 Å². The van der Waals surface area contributed by atoms with Crippen molar-refractivity contribution < 1.29 is 17.9 Å². The molecule has 2 N–H and O–H groups in total. The van der Waals surface area contributed by atoms with E-state index in [1.54, 1.807) is 12.1 Å². The van der Waals surface area contributed by atoms with Gasteiger partial charge in [0.2, 0.25) is 10.0 Å². The van der Waals surface area contributed by atoms with E-state index in [4.69, 9.17) is 21.7 Å². The van der Waals surface area contributed by atoms with Gasteiger partial charge in [-0.2, -0.15) is 4.31 Å². The molecule has 0 saturated carbocycles. The lowest BCUT2D eigenvalue weighted by atomic mass is 10.1. The first-order valence-corrected chi connectivity index (χ1v) is 11.1. The summed E-state index contributed by atoms with van der Waals surface area (Å²) in [6.07, 6.45) is 0. The van der Waals surface area contributed by atoms with E-state index in [2.05, 4.69) is 10.6 Å². The minimum Gasteiger partial charge on any atom is -0.497 e. The third kappa shape index (κ3) is 5.05. The summed E-state index contributed by atoms with van der Waals surface area (Å²) in [6, 6.07) is 10.8. The summed E-state index contributed by atoms with van der Waals surface area (Å²) in [5.74, 6) is 0.454. The van der Waals surface area contributed by atoms with Crippen molar-refractivity contribution in [2.75, 3.05) is 44.0 Å². The minimum atomic E-state index is -3.73. The van der Waals surface area contributed by atoms with E-state index in [1.165, 1.54) is 17.5 Å². The minimum absolute atomic E-state index is 0.114. The van der Waals surface area contributed by atoms with Crippen molar-refractivity contribution in [3.8, 4) is 5.75 Å². The molecule has 0 atom stereocenters. The van der Waals surface area contributed by atoms with E-state index in [9.17, 15) is 8.42 Å². The molecule has 7 nitrogen and oxygen atoms in total. The molecule has 29 heavy (non-hydrogen) atoms. The van der Waals surface area contributed by atoms with Crippen LogP contribution in [0.25, 0.3) is 0 Å². The fourth-order valence-corrected chi connectivity index (χ4v) is 4.89. The van der Waals surface area contributed by atoms with Gasteiger partial charge in [0.25, 0.3) is 0 Å². The number of nitrogens with one attached hydrogen (secondary N) is 2. The molecule has 156 valence electrons. The second kappa shape index (κ2) is 9.08. The number of nitrogens with zero attached hydrogens (tertiary/aromatic N) is 1. The van der Waals surface area contributed by atoms with Crippen LogP contribution in [0.15, 0.2) is 41.3 Å². The SMILES string of the molecule is COc1ccc(NC(=S)Nc2ccc(C)cc2C)c(S(=O)(=O)N2CCOCC2)c1. The van der Waals surface area contributed by atoms with Crippen molar-refractivity contribution in [2.45, 2.75) is 18.7 Å². The summed E-state index contributed by atoms with van der Waals surface area (Å²) >= 11 is 5.43. The molecule has 1 aliphatic rings. The molecule has 1 heterocycles. The molecule has 1 fully saturated rings. The number of ether oxygens (including phenoxy) is 2. The Bertz CT molecular complexity index is 1000. The average Bonchev–Trinajstić information content (AvgIpc) is 2.71. The number of hydrogen-bond acceptors (Lipinski definition) is 5. The van der Waals surface area contributed by atoms with E-state index in [0.717, 1.165) is 16.8 Å². The molecule has 2 aromatic rings. The molecule has 0 aliphatic carbocycles. The molecule has 2 aromatic carbocycles. The van der Waals surface area contributed by atoms with Gasteiger partial charge in [0.15, 0.2) is 5.11 Å². The Morgan fingerprint density at radius 1 is 1.07 bits per heavy atom.